The van der Waals surface area contributed by atoms with Crippen LogP contribution in [0.4, 0.5) is 0 Å². The summed E-state index contributed by atoms with van der Waals surface area (Å²) in [7, 11) is 0. The van der Waals surface area contributed by atoms with Crippen molar-refractivity contribution < 1.29 is 4.74 Å². The van der Waals surface area contributed by atoms with Crippen LogP contribution in [0.5, 0.6) is 5.75 Å². The monoisotopic (exact) mass is 237 g/mol. The zero-order valence-corrected chi connectivity index (χ0v) is 10.4. The summed E-state index contributed by atoms with van der Waals surface area (Å²) in [6.07, 6.45) is 1.00. The van der Waals surface area contributed by atoms with E-state index in [1.165, 1.54) is 5.56 Å². The molecule has 0 spiro atoms. The SMILES string of the molecule is CCc1cccc(OCc2cccc(C#N)c2)c1. The van der Waals surface area contributed by atoms with Gasteiger partial charge in [0.25, 0.3) is 0 Å². The summed E-state index contributed by atoms with van der Waals surface area (Å²) in [4.78, 5) is 0. The van der Waals surface area contributed by atoms with Crippen molar-refractivity contribution in [3.63, 3.8) is 0 Å². The van der Waals surface area contributed by atoms with Crippen LogP contribution >= 0.6 is 0 Å². The molecule has 2 aromatic rings. The zero-order chi connectivity index (χ0) is 12.8. The lowest BCUT2D eigenvalue weighted by molar-refractivity contribution is 0.306. The van der Waals surface area contributed by atoms with E-state index in [2.05, 4.69) is 19.1 Å². The molecule has 0 fully saturated rings. The van der Waals surface area contributed by atoms with E-state index in [0.29, 0.717) is 12.2 Å². The molecule has 0 aliphatic heterocycles. The van der Waals surface area contributed by atoms with Crippen molar-refractivity contribution in [2.75, 3.05) is 0 Å². The van der Waals surface area contributed by atoms with Gasteiger partial charge < -0.3 is 4.74 Å². The highest BCUT2D eigenvalue weighted by atomic mass is 16.5. The first-order valence-electron chi connectivity index (χ1n) is 6.02. The van der Waals surface area contributed by atoms with Gasteiger partial charge in [-0.25, -0.2) is 0 Å². The van der Waals surface area contributed by atoms with Crippen LogP contribution < -0.4 is 4.74 Å². The smallest absolute Gasteiger partial charge is 0.120 e. The highest BCUT2D eigenvalue weighted by Crippen LogP contribution is 2.15. The molecule has 18 heavy (non-hydrogen) atoms. The number of hydrogen-bond acceptors (Lipinski definition) is 2. The molecule has 90 valence electrons. The van der Waals surface area contributed by atoms with Crippen molar-refractivity contribution in [2.45, 2.75) is 20.0 Å². The van der Waals surface area contributed by atoms with Crippen LogP contribution in [0.1, 0.15) is 23.6 Å². The molecule has 0 saturated carbocycles. The molecule has 0 radical (unpaired) electrons. The molecule has 0 heterocycles. The third-order valence-corrected chi connectivity index (χ3v) is 2.77. The molecule has 0 aromatic heterocycles. The summed E-state index contributed by atoms with van der Waals surface area (Å²) in [5.74, 6) is 0.872. The number of hydrogen-bond donors (Lipinski definition) is 0. The molecule has 0 saturated heterocycles. The molecule has 2 nitrogen and oxygen atoms in total. The lowest BCUT2D eigenvalue weighted by atomic mass is 10.1. The van der Waals surface area contributed by atoms with Crippen LogP contribution in [0.2, 0.25) is 0 Å². The van der Waals surface area contributed by atoms with Gasteiger partial charge in [-0.3, -0.25) is 0 Å². The average Bonchev–Trinajstić information content (AvgIpc) is 2.45. The molecule has 0 aliphatic rings. The van der Waals surface area contributed by atoms with E-state index in [1.54, 1.807) is 6.07 Å². The summed E-state index contributed by atoms with van der Waals surface area (Å²) in [6.45, 7) is 2.61. The van der Waals surface area contributed by atoms with Crippen LogP contribution in [0.25, 0.3) is 0 Å². The number of aryl methyl sites for hydroxylation is 1. The lowest BCUT2D eigenvalue weighted by Gasteiger charge is -2.07. The van der Waals surface area contributed by atoms with Crippen molar-refractivity contribution in [1.29, 1.82) is 5.26 Å². The summed E-state index contributed by atoms with van der Waals surface area (Å²) >= 11 is 0. The van der Waals surface area contributed by atoms with Crippen LogP contribution in [0.15, 0.2) is 48.5 Å². The van der Waals surface area contributed by atoms with E-state index in [1.807, 2.05) is 36.4 Å². The normalized spacial score (nSPS) is 9.78. The second-order valence-electron chi connectivity index (χ2n) is 4.10. The van der Waals surface area contributed by atoms with Crippen LogP contribution in [-0.4, -0.2) is 0 Å². The van der Waals surface area contributed by atoms with Crippen molar-refractivity contribution in [2.24, 2.45) is 0 Å². The van der Waals surface area contributed by atoms with Gasteiger partial charge in [-0.15, -0.1) is 0 Å². The zero-order valence-electron chi connectivity index (χ0n) is 10.4. The van der Waals surface area contributed by atoms with Crippen molar-refractivity contribution >= 4 is 0 Å². The average molecular weight is 237 g/mol. The Bertz CT molecular complexity index is 569. The number of nitrogens with zero attached hydrogens (tertiary/aromatic N) is 1. The van der Waals surface area contributed by atoms with E-state index in [4.69, 9.17) is 10.00 Å². The molecule has 0 bridgehead atoms. The van der Waals surface area contributed by atoms with Crippen molar-refractivity contribution in [3.8, 4) is 11.8 Å². The fraction of sp³-hybridized carbons (Fsp3) is 0.188. The van der Waals surface area contributed by atoms with E-state index in [0.717, 1.165) is 17.7 Å². The molecule has 2 aromatic carbocycles. The summed E-state index contributed by atoms with van der Waals surface area (Å²) in [6, 6.07) is 17.7. The van der Waals surface area contributed by atoms with E-state index >= 15 is 0 Å². The van der Waals surface area contributed by atoms with E-state index < -0.39 is 0 Å². The number of benzene rings is 2. The molecule has 0 unspecified atom stereocenters. The standard InChI is InChI=1S/C16H15NO/c1-2-13-5-4-8-16(10-13)18-12-15-7-3-6-14(9-15)11-17/h3-10H,2,12H2,1H3. The van der Waals surface area contributed by atoms with Gasteiger partial charge in [0.05, 0.1) is 11.6 Å². The fourth-order valence-electron chi connectivity index (χ4n) is 1.75. The Morgan fingerprint density at radius 1 is 1.06 bits per heavy atom. The first-order valence-corrected chi connectivity index (χ1v) is 6.02. The van der Waals surface area contributed by atoms with Crippen molar-refractivity contribution in [3.05, 3.63) is 65.2 Å². The maximum absolute atomic E-state index is 8.82. The third-order valence-electron chi connectivity index (χ3n) is 2.77. The van der Waals surface area contributed by atoms with Gasteiger partial charge in [-0.2, -0.15) is 5.26 Å². The second kappa shape index (κ2) is 5.88. The topological polar surface area (TPSA) is 33.0 Å². The minimum Gasteiger partial charge on any atom is -0.489 e. The van der Waals surface area contributed by atoms with Crippen LogP contribution in [-0.2, 0) is 13.0 Å². The van der Waals surface area contributed by atoms with Crippen LogP contribution in [0.3, 0.4) is 0 Å². The maximum Gasteiger partial charge on any atom is 0.120 e. The largest absolute Gasteiger partial charge is 0.489 e. The first kappa shape index (κ1) is 12.2. The Balaban J connectivity index is 2.04. The van der Waals surface area contributed by atoms with E-state index in [-0.39, 0.29) is 0 Å². The summed E-state index contributed by atoms with van der Waals surface area (Å²) in [5.41, 5.74) is 2.94. The fourth-order valence-corrected chi connectivity index (χ4v) is 1.75. The predicted octanol–water partition coefficient (Wildman–Crippen LogP) is 3.70. The number of nitriles is 1. The molecule has 0 N–H and O–H groups in total. The quantitative estimate of drug-likeness (QED) is 0.812. The predicted molar refractivity (Wildman–Crippen MR) is 71.3 cm³/mol. The molecule has 0 atom stereocenters. The molecule has 2 heteroatoms. The first-order chi connectivity index (χ1) is 8.81. The van der Waals surface area contributed by atoms with Gasteiger partial charge in [0.1, 0.15) is 12.4 Å². The molecule has 0 amide bonds. The number of ether oxygens (including phenoxy) is 1. The molecule has 0 aliphatic carbocycles. The summed E-state index contributed by atoms with van der Waals surface area (Å²) in [5, 5.41) is 8.82. The maximum atomic E-state index is 8.82. The van der Waals surface area contributed by atoms with E-state index in [9.17, 15) is 0 Å². The Morgan fingerprint density at radius 2 is 1.83 bits per heavy atom. The highest BCUT2D eigenvalue weighted by Gasteiger charge is 1.98. The van der Waals surface area contributed by atoms with Gasteiger partial charge >= 0.3 is 0 Å². The Kier molecular flexibility index (Phi) is 3.98. The number of rotatable bonds is 4. The van der Waals surface area contributed by atoms with Gasteiger partial charge in [0.2, 0.25) is 0 Å². The summed E-state index contributed by atoms with van der Waals surface area (Å²) < 4.78 is 5.72. The third kappa shape index (κ3) is 3.11. The molecular weight excluding hydrogens is 222 g/mol. The van der Waals surface area contributed by atoms with Gasteiger partial charge in [0.15, 0.2) is 0 Å². The molecule has 2 rings (SSSR count). The lowest BCUT2D eigenvalue weighted by Crippen LogP contribution is -1.96. The highest BCUT2D eigenvalue weighted by molar-refractivity contribution is 5.33. The van der Waals surface area contributed by atoms with Gasteiger partial charge in [0, 0.05) is 0 Å². The van der Waals surface area contributed by atoms with Gasteiger partial charge in [-0.05, 0) is 41.8 Å². The Labute approximate surface area is 107 Å². The van der Waals surface area contributed by atoms with Gasteiger partial charge in [-0.1, -0.05) is 31.2 Å². The minimum absolute atomic E-state index is 0.489. The van der Waals surface area contributed by atoms with Crippen molar-refractivity contribution in [1.82, 2.24) is 0 Å². The second-order valence-corrected chi connectivity index (χ2v) is 4.10. The Morgan fingerprint density at radius 3 is 2.61 bits per heavy atom. The molecular formula is C16H15NO. The Hall–Kier alpha value is -2.27. The minimum atomic E-state index is 0.489. The van der Waals surface area contributed by atoms with Crippen LogP contribution in [0, 0.1) is 11.3 Å².